The Hall–Kier alpha value is -1.47. The van der Waals surface area contributed by atoms with Crippen LogP contribution in [0.15, 0.2) is 4.52 Å². The van der Waals surface area contributed by atoms with Gasteiger partial charge in [0.2, 0.25) is 11.8 Å². The smallest absolute Gasteiger partial charge is 0.240 e. The number of carbonyl (C=O) groups excluding carboxylic acids is 1. The number of carbonyl (C=O) groups is 1. The molecule has 1 saturated heterocycles. The molecule has 1 N–H and O–H groups in total. The highest BCUT2D eigenvalue weighted by atomic mass is 16.5. The first kappa shape index (κ1) is 15.9. The number of amides is 1. The second kappa shape index (κ2) is 7.51. The van der Waals surface area contributed by atoms with Crippen LogP contribution in [-0.4, -0.2) is 65.1 Å². The summed E-state index contributed by atoms with van der Waals surface area (Å²) in [6.07, 6.45) is 0. The SMILES string of the molecule is CCNC(=O)CN1CCN(Cc2nc(C(C)C)no2)CC1. The average molecular weight is 295 g/mol. The first-order chi connectivity index (χ1) is 10.1. The molecular formula is C14H25N5O2. The molecular weight excluding hydrogens is 270 g/mol. The quantitative estimate of drug-likeness (QED) is 0.821. The van der Waals surface area contributed by atoms with Gasteiger partial charge in [0.25, 0.3) is 0 Å². The summed E-state index contributed by atoms with van der Waals surface area (Å²) < 4.78 is 5.27. The second-order valence-electron chi connectivity index (χ2n) is 5.71. The molecule has 1 aliphatic heterocycles. The summed E-state index contributed by atoms with van der Waals surface area (Å²) in [6.45, 7) is 11.5. The number of likely N-dealkylation sites (N-methyl/N-ethyl adjacent to an activating group) is 1. The fourth-order valence-electron chi connectivity index (χ4n) is 2.32. The molecule has 0 atom stereocenters. The van der Waals surface area contributed by atoms with Crippen molar-refractivity contribution in [1.82, 2.24) is 25.3 Å². The summed E-state index contributed by atoms with van der Waals surface area (Å²) in [5.41, 5.74) is 0. The van der Waals surface area contributed by atoms with E-state index < -0.39 is 0 Å². The largest absolute Gasteiger partial charge is 0.355 e. The van der Waals surface area contributed by atoms with Gasteiger partial charge in [0, 0.05) is 38.6 Å². The molecule has 118 valence electrons. The number of hydrogen-bond acceptors (Lipinski definition) is 6. The van der Waals surface area contributed by atoms with Crippen molar-refractivity contribution in [1.29, 1.82) is 0 Å². The third-order valence-electron chi connectivity index (χ3n) is 3.57. The van der Waals surface area contributed by atoms with E-state index in [0.717, 1.165) is 32.0 Å². The van der Waals surface area contributed by atoms with Gasteiger partial charge in [0.1, 0.15) is 0 Å². The minimum Gasteiger partial charge on any atom is -0.355 e. The van der Waals surface area contributed by atoms with E-state index >= 15 is 0 Å². The van der Waals surface area contributed by atoms with E-state index in [4.69, 9.17) is 4.52 Å². The highest BCUT2D eigenvalue weighted by Gasteiger charge is 2.20. The van der Waals surface area contributed by atoms with Crippen LogP contribution in [0.1, 0.15) is 38.4 Å². The maximum absolute atomic E-state index is 11.6. The molecule has 1 aromatic heterocycles. The Bertz CT molecular complexity index is 452. The van der Waals surface area contributed by atoms with E-state index in [2.05, 4.69) is 39.1 Å². The van der Waals surface area contributed by atoms with Crippen LogP contribution in [0.4, 0.5) is 0 Å². The summed E-state index contributed by atoms with van der Waals surface area (Å²) >= 11 is 0. The number of aromatic nitrogens is 2. The molecule has 1 fully saturated rings. The van der Waals surface area contributed by atoms with Gasteiger partial charge in [-0.1, -0.05) is 19.0 Å². The van der Waals surface area contributed by atoms with Crippen molar-refractivity contribution in [3.05, 3.63) is 11.7 Å². The van der Waals surface area contributed by atoms with E-state index in [9.17, 15) is 4.79 Å². The first-order valence-corrected chi connectivity index (χ1v) is 7.62. The summed E-state index contributed by atoms with van der Waals surface area (Å²) in [4.78, 5) is 20.4. The molecule has 2 heterocycles. The summed E-state index contributed by atoms with van der Waals surface area (Å²) in [6, 6.07) is 0. The van der Waals surface area contributed by atoms with Gasteiger partial charge in [-0.2, -0.15) is 4.98 Å². The molecule has 1 aliphatic rings. The molecule has 0 aliphatic carbocycles. The zero-order chi connectivity index (χ0) is 15.2. The fourth-order valence-corrected chi connectivity index (χ4v) is 2.32. The van der Waals surface area contributed by atoms with Gasteiger partial charge in [-0.05, 0) is 6.92 Å². The molecule has 7 heteroatoms. The van der Waals surface area contributed by atoms with Gasteiger partial charge in [0.15, 0.2) is 5.82 Å². The van der Waals surface area contributed by atoms with Gasteiger partial charge < -0.3 is 9.84 Å². The van der Waals surface area contributed by atoms with Gasteiger partial charge >= 0.3 is 0 Å². The lowest BCUT2D eigenvalue weighted by Crippen LogP contribution is -2.49. The Labute approximate surface area is 125 Å². The Balaban J connectivity index is 1.74. The van der Waals surface area contributed by atoms with Crippen LogP contribution in [0, 0.1) is 0 Å². The van der Waals surface area contributed by atoms with Crippen LogP contribution in [0.2, 0.25) is 0 Å². The normalized spacial score (nSPS) is 17.3. The lowest BCUT2D eigenvalue weighted by atomic mass is 10.2. The minimum absolute atomic E-state index is 0.101. The van der Waals surface area contributed by atoms with Crippen LogP contribution in [0.25, 0.3) is 0 Å². The topological polar surface area (TPSA) is 74.5 Å². The van der Waals surface area contributed by atoms with E-state index in [1.165, 1.54) is 0 Å². The van der Waals surface area contributed by atoms with Crippen LogP contribution < -0.4 is 5.32 Å². The van der Waals surface area contributed by atoms with Crippen molar-refractivity contribution < 1.29 is 9.32 Å². The zero-order valence-electron chi connectivity index (χ0n) is 13.1. The fraction of sp³-hybridized carbons (Fsp3) is 0.786. The predicted octanol–water partition coefficient (Wildman–Crippen LogP) is 0.447. The van der Waals surface area contributed by atoms with Crippen LogP contribution >= 0.6 is 0 Å². The average Bonchev–Trinajstić information content (AvgIpc) is 2.90. The van der Waals surface area contributed by atoms with Crippen molar-refractivity contribution >= 4 is 5.91 Å². The van der Waals surface area contributed by atoms with Crippen molar-refractivity contribution in [2.24, 2.45) is 0 Å². The summed E-state index contributed by atoms with van der Waals surface area (Å²) in [5.74, 6) is 1.83. The van der Waals surface area contributed by atoms with Crippen molar-refractivity contribution in [2.75, 3.05) is 39.3 Å². The zero-order valence-corrected chi connectivity index (χ0v) is 13.1. The molecule has 2 rings (SSSR count). The second-order valence-corrected chi connectivity index (χ2v) is 5.71. The van der Waals surface area contributed by atoms with Gasteiger partial charge in [-0.25, -0.2) is 0 Å². The molecule has 0 aromatic carbocycles. The van der Waals surface area contributed by atoms with Crippen LogP contribution in [-0.2, 0) is 11.3 Å². The molecule has 1 amide bonds. The van der Waals surface area contributed by atoms with E-state index in [1.54, 1.807) is 0 Å². The molecule has 1 aromatic rings. The third-order valence-corrected chi connectivity index (χ3v) is 3.57. The predicted molar refractivity (Wildman–Crippen MR) is 78.8 cm³/mol. The van der Waals surface area contributed by atoms with E-state index in [0.29, 0.717) is 25.5 Å². The van der Waals surface area contributed by atoms with E-state index in [1.807, 2.05) is 6.92 Å². The van der Waals surface area contributed by atoms with Crippen LogP contribution in [0.3, 0.4) is 0 Å². The lowest BCUT2D eigenvalue weighted by Gasteiger charge is -2.33. The van der Waals surface area contributed by atoms with Crippen molar-refractivity contribution in [3.8, 4) is 0 Å². The monoisotopic (exact) mass is 295 g/mol. The third kappa shape index (κ3) is 4.78. The van der Waals surface area contributed by atoms with Crippen molar-refractivity contribution in [3.63, 3.8) is 0 Å². The Morgan fingerprint density at radius 1 is 1.29 bits per heavy atom. The Kier molecular flexibility index (Phi) is 5.69. The number of piperazine rings is 1. The molecule has 0 saturated carbocycles. The first-order valence-electron chi connectivity index (χ1n) is 7.62. The standard InChI is InChI=1S/C14H25N5O2/c1-4-15-12(20)9-18-5-7-19(8-6-18)10-13-16-14(11(2)3)17-21-13/h11H,4-10H2,1-3H3,(H,15,20). The lowest BCUT2D eigenvalue weighted by molar-refractivity contribution is -0.122. The molecule has 21 heavy (non-hydrogen) atoms. The molecule has 0 spiro atoms. The number of nitrogens with one attached hydrogen (secondary N) is 1. The Morgan fingerprint density at radius 2 is 1.95 bits per heavy atom. The maximum Gasteiger partial charge on any atom is 0.240 e. The summed E-state index contributed by atoms with van der Waals surface area (Å²) in [7, 11) is 0. The van der Waals surface area contributed by atoms with Gasteiger partial charge in [-0.15, -0.1) is 0 Å². The number of nitrogens with zero attached hydrogens (tertiary/aromatic N) is 4. The molecule has 0 bridgehead atoms. The molecule has 0 unspecified atom stereocenters. The maximum atomic E-state index is 11.6. The highest BCUT2D eigenvalue weighted by Crippen LogP contribution is 2.12. The highest BCUT2D eigenvalue weighted by molar-refractivity contribution is 5.77. The Morgan fingerprint density at radius 3 is 2.52 bits per heavy atom. The minimum atomic E-state index is 0.101. The number of rotatable bonds is 6. The van der Waals surface area contributed by atoms with Crippen molar-refractivity contribution in [2.45, 2.75) is 33.2 Å². The summed E-state index contributed by atoms with van der Waals surface area (Å²) in [5, 5.41) is 6.81. The van der Waals surface area contributed by atoms with Gasteiger partial charge in [-0.3, -0.25) is 14.6 Å². The molecule has 0 radical (unpaired) electrons. The van der Waals surface area contributed by atoms with E-state index in [-0.39, 0.29) is 11.8 Å². The molecule has 7 nitrogen and oxygen atoms in total. The van der Waals surface area contributed by atoms with Gasteiger partial charge in [0.05, 0.1) is 13.1 Å². The number of hydrogen-bond donors (Lipinski definition) is 1. The van der Waals surface area contributed by atoms with Crippen LogP contribution in [0.5, 0.6) is 0 Å².